The lowest BCUT2D eigenvalue weighted by Crippen LogP contribution is -2.36. The first kappa shape index (κ1) is 24.7. The summed E-state index contributed by atoms with van der Waals surface area (Å²) in [6, 6.07) is 0.537. The molecule has 0 saturated heterocycles. The molecule has 1 aliphatic rings. The molecule has 0 bridgehead atoms. The number of amides is 1. The first-order valence-corrected chi connectivity index (χ1v) is 8.00. The van der Waals surface area contributed by atoms with Crippen LogP contribution >= 0.6 is 37.2 Å². The molecule has 6 nitrogen and oxygen atoms in total. The predicted molar refractivity (Wildman–Crippen MR) is 110 cm³/mol. The molecule has 0 aromatic carbocycles. The quantitative estimate of drug-likeness (QED) is 0.823. The van der Waals surface area contributed by atoms with Crippen molar-refractivity contribution in [3.63, 3.8) is 0 Å². The van der Waals surface area contributed by atoms with Crippen LogP contribution in [0.25, 0.3) is 0 Å². The number of hydrogen-bond acceptors (Lipinski definition) is 4. The third-order valence-corrected chi connectivity index (χ3v) is 4.45. The van der Waals surface area contributed by atoms with E-state index < -0.39 is 0 Å². The van der Waals surface area contributed by atoms with Crippen molar-refractivity contribution in [2.75, 3.05) is 6.54 Å². The molecule has 2 aromatic heterocycles. The van der Waals surface area contributed by atoms with Gasteiger partial charge < -0.3 is 9.88 Å². The lowest BCUT2D eigenvalue weighted by Gasteiger charge is -2.32. The number of hydrogen-bond donors (Lipinski definition) is 1. The summed E-state index contributed by atoms with van der Waals surface area (Å²) in [5, 5.41) is 2.95. The van der Waals surface area contributed by atoms with Crippen molar-refractivity contribution in [1.82, 2.24) is 24.8 Å². The number of aromatic nitrogens is 3. The van der Waals surface area contributed by atoms with Gasteiger partial charge >= 0.3 is 0 Å². The van der Waals surface area contributed by atoms with Crippen LogP contribution in [0.1, 0.15) is 41.2 Å². The second-order valence-electron chi connectivity index (χ2n) is 6.29. The van der Waals surface area contributed by atoms with Gasteiger partial charge in [-0.05, 0) is 37.0 Å². The molecule has 0 spiro atoms. The van der Waals surface area contributed by atoms with Crippen LogP contribution in [-0.2, 0) is 26.6 Å². The third kappa shape index (κ3) is 5.33. The van der Waals surface area contributed by atoms with Gasteiger partial charge in [0.25, 0.3) is 5.91 Å². The van der Waals surface area contributed by atoms with E-state index in [4.69, 9.17) is 0 Å². The summed E-state index contributed by atoms with van der Waals surface area (Å²) in [5.74, 6) is 0.267. The molecule has 9 heteroatoms. The molecule has 1 aliphatic heterocycles. The van der Waals surface area contributed by atoms with Crippen molar-refractivity contribution < 1.29 is 4.79 Å². The van der Waals surface area contributed by atoms with Gasteiger partial charge in [-0.1, -0.05) is 0 Å². The standard InChI is InChI=1S/C17H23N5O.3ClH/c1-12(2)22-6-4-15-13(8-18-9-14(15)11-22)10-20-17(23)16-19-5-7-21(16)3;;;/h5,7-9,12H,4,6,10-11H2,1-3H3,(H,20,23);3*1H. The number of nitrogens with zero attached hydrogens (tertiary/aromatic N) is 4. The molecular formula is C17H26Cl3N5O. The van der Waals surface area contributed by atoms with Crippen molar-refractivity contribution in [3.8, 4) is 0 Å². The van der Waals surface area contributed by atoms with Crippen LogP contribution in [0.4, 0.5) is 0 Å². The fourth-order valence-electron chi connectivity index (χ4n) is 3.02. The van der Waals surface area contributed by atoms with Crippen molar-refractivity contribution in [2.24, 2.45) is 7.05 Å². The summed E-state index contributed by atoms with van der Waals surface area (Å²) in [6.45, 7) is 6.91. The van der Waals surface area contributed by atoms with E-state index >= 15 is 0 Å². The van der Waals surface area contributed by atoms with E-state index in [0.29, 0.717) is 18.4 Å². The molecule has 26 heavy (non-hydrogen) atoms. The maximum Gasteiger partial charge on any atom is 0.287 e. The van der Waals surface area contributed by atoms with Crippen LogP contribution in [0, 0.1) is 0 Å². The van der Waals surface area contributed by atoms with Crippen LogP contribution in [0.5, 0.6) is 0 Å². The zero-order chi connectivity index (χ0) is 16.4. The number of nitrogens with one attached hydrogen (secondary N) is 1. The van der Waals surface area contributed by atoms with Crippen LogP contribution in [-0.4, -0.2) is 37.9 Å². The van der Waals surface area contributed by atoms with Crippen LogP contribution in [0.15, 0.2) is 24.8 Å². The fraction of sp³-hybridized carbons (Fsp3) is 0.471. The highest BCUT2D eigenvalue weighted by Crippen LogP contribution is 2.22. The maximum absolute atomic E-state index is 12.2. The molecule has 3 heterocycles. The van der Waals surface area contributed by atoms with Crippen LogP contribution in [0.2, 0.25) is 0 Å². The van der Waals surface area contributed by atoms with Gasteiger partial charge in [-0.3, -0.25) is 14.7 Å². The highest BCUT2D eigenvalue weighted by atomic mass is 35.5. The highest BCUT2D eigenvalue weighted by molar-refractivity contribution is 5.90. The van der Waals surface area contributed by atoms with E-state index in [9.17, 15) is 4.79 Å². The predicted octanol–water partition coefficient (Wildman–Crippen LogP) is 2.78. The number of halogens is 3. The Morgan fingerprint density at radius 3 is 2.62 bits per heavy atom. The van der Waals surface area contributed by atoms with Gasteiger partial charge in [-0.15, -0.1) is 37.2 Å². The van der Waals surface area contributed by atoms with Gasteiger partial charge in [0, 0.05) is 57.5 Å². The average molecular weight is 423 g/mol. The summed E-state index contributed by atoms with van der Waals surface area (Å²) in [4.78, 5) is 23.1. The monoisotopic (exact) mass is 421 g/mol. The maximum atomic E-state index is 12.2. The Hall–Kier alpha value is -1.34. The molecule has 0 saturated carbocycles. The molecule has 1 N–H and O–H groups in total. The first-order chi connectivity index (χ1) is 11.1. The Morgan fingerprint density at radius 2 is 2.00 bits per heavy atom. The largest absolute Gasteiger partial charge is 0.345 e. The van der Waals surface area contributed by atoms with Gasteiger partial charge in [0.2, 0.25) is 0 Å². The summed E-state index contributed by atoms with van der Waals surface area (Å²) < 4.78 is 1.72. The van der Waals surface area contributed by atoms with Crippen LogP contribution in [0.3, 0.4) is 0 Å². The molecule has 146 valence electrons. The van der Waals surface area contributed by atoms with Crippen molar-refractivity contribution in [3.05, 3.63) is 47.3 Å². The van der Waals surface area contributed by atoms with E-state index in [-0.39, 0.29) is 43.1 Å². The van der Waals surface area contributed by atoms with Gasteiger partial charge in [-0.25, -0.2) is 4.98 Å². The molecule has 3 rings (SSSR count). The lowest BCUT2D eigenvalue weighted by molar-refractivity contribution is 0.0937. The van der Waals surface area contributed by atoms with Gasteiger partial charge in [0.1, 0.15) is 0 Å². The van der Waals surface area contributed by atoms with E-state index in [1.165, 1.54) is 11.1 Å². The highest BCUT2D eigenvalue weighted by Gasteiger charge is 2.21. The van der Waals surface area contributed by atoms with Gasteiger partial charge in [-0.2, -0.15) is 0 Å². The zero-order valence-electron chi connectivity index (χ0n) is 15.1. The molecule has 0 atom stereocenters. The molecule has 2 aromatic rings. The Balaban J connectivity index is 0.00000208. The number of imidazole rings is 1. The van der Waals surface area contributed by atoms with Gasteiger partial charge in [0.15, 0.2) is 5.82 Å². The smallest absolute Gasteiger partial charge is 0.287 e. The van der Waals surface area contributed by atoms with E-state index in [1.807, 2.05) is 19.4 Å². The minimum absolute atomic E-state index is 0. The first-order valence-electron chi connectivity index (χ1n) is 8.00. The SMILES string of the molecule is CC(C)N1CCc2c(CNC(=O)c3nccn3C)cncc2C1.Cl.Cl.Cl. The third-order valence-electron chi connectivity index (χ3n) is 4.45. The molecular weight excluding hydrogens is 397 g/mol. The number of fused-ring (bicyclic) bond motifs is 1. The summed E-state index contributed by atoms with van der Waals surface area (Å²) >= 11 is 0. The minimum atomic E-state index is -0.158. The average Bonchev–Trinajstić information content (AvgIpc) is 2.98. The Bertz CT molecular complexity index is 720. The van der Waals surface area contributed by atoms with Gasteiger partial charge in [0.05, 0.1) is 0 Å². The topological polar surface area (TPSA) is 63.1 Å². The van der Waals surface area contributed by atoms with Crippen LogP contribution < -0.4 is 5.32 Å². The Kier molecular flexibility index (Phi) is 10.2. The number of carbonyl (C=O) groups is 1. The summed E-state index contributed by atoms with van der Waals surface area (Å²) in [6.07, 6.45) is 8.21. The summed E-state index contributed by atoms with van der Waals surface area (Å²) in [7, 11) is 1.81. The number of rotatable bonds is 4. The van der Waals surface area contributed by atoms with Crippen molar-refractivity contribution in [1.29, 1.82) is 0 Å². The molecule has 0 unspecified atom stereocenters. The van der Waals surface area contributed by atoms with Crippen molar-refractivity contribution in [2.45, 2.75) is 39.4 Å². The molecule has 0 radical (unpaired) electrons. The summed E-state index contributed by atoms with van der Waals surface area (Å²) in [5.41, 5.74) is 3.71. The van der Waals surface area contributed by atoms with E-state index in [1.54, 1.807) is 17.0 Å². The number of aryl methyl sites for hydroxylation is 1. The second-order valence-corrected chi connectivity index (χ2v) is 6.29. The lowest BCUT2D eigenvalue weighted by atomic mass is 9.96. The Labute approximate surface area is 173 Å². The zero-order valence-corrected chi connectivity index (χ0v) is 17.6. The van der Waals surface area contributed by atoms with Crippen molar-refractivity contribution >= 4 is 43.1 Å². The molecule has 1 amide bonds. The molecule has 0 fully saturated rings. The van der Waals surface area contributed by atoms with E-state index in [0.717, 1.165) is 25.1 Å². The molecule has 0 aliphatic carbocycles. The second kappa shape index (κ2) is 10.7. The Morgan fingerprint density at radius 1 is 1.27 bits per heavy atom. The normalized spacial score (nSPS) is 13.1. The fourth-order valence-corrected chi connectivity index (χ4v) is 3.02. The van der Waals surface area contributed by atoms with E-state index in [2.05, 4.69) is 34.0 Å². The minimum Gasteiger partial charge on any atom is -0.345 e. The number of carbonyl (C=O) groups excluding carboxylic acids is 1. The number of pyridine rings is 1.